The van der Waals surface area contributed by atoms with E-state index in [1.54, 1.807) is 24.3 Å². The van der Waals surface area contributed by atoms with Crippen LogP contribution in [0.4, 0.5) is 0 Å². The maximum absolute atomic E-state index is 9.85. The summed E-state index contributed by atoms with van der Waals surface area (Å²) in [5.74, 6) is 0.943. The predicted molar refractivity (Wildman–Crippen MR) is 82.0 cm³/mol. The maximum Gasteiger partial charge on any atom is 0.119 e. The third-order valence-corrected chi connectivity index (χ3v) is 3.40. The van der Waals surface area contributed by atoms with Crippen LogP contribution in [0.2, 0.25) is 0 Å². The lowest BCUT2D eigenvalue weighted by molar-refractivity contribution is 0.0337. The highest BCUT2D eigenvalue weighted by molar-refractivity contribution is 7.80. The number of aliphatic hydroxyl groups is 2. The minimum absolute atomic E-state index is 0.216. The smallest absolute Gasteiger partial charge is 0.119 e. The van der Waals surface area contributed by atoms with Gasteiger partial charge in [-0.2, -0.15) is 12.6 Å². The molecule has 2 atom stereocenters. The van der Waals surface area contributed by atoms with Crippen molar-refractivity contribution < 1.29 is 14.9 Å². The molecule has 0 aliphatic heterocycles. The van der Waals surface area contributed by atoms with E-state index in [1.165, 1.54) is 0 Å². The highest BCUT2D eigenvalue weighted by atomic mass is 32.1. The first-order valence-electron chi connectivity index (χ1n) is 6.44. The monoisotopic (exact) mass is 290 g/mol. The Hall–Kier alpha value is -1.49. The zero-order valence-corrected chi connectivity index (χ0v) is 11.9. The van der Waals surface area contributed by atoms with Gasteiger partial charge in [0.1, 0.15) is 18.5 Å². The van der Waals surface area contributed by atoms with E-state index in [4.69, 9.17) is 4.74 Å². The summed E-state index contributed by atoms with van der Waals surface area (Å²) in [5, 5.41) is 19.4. The van der Waals surface area contributed by atoms with Crippen molar-refractivity contribution in [1.82, 2.24) is 0 Å². The molecule has 0 aromatic heterocycles. The van der Waals surface area contributed by atoms with Crippen molar-refractivity contribution in [3.05, 3.63) is 65.7 Å². The highest BCUT2D eigenvalue weighted by Gasteiger charge is 2.16. The molecule has 0 spiro atoms. The first-order valence-corrected chi connectivity index (χ1v) is 7.07. The number of rotatable bonds is 6. The standard InChI is InChI=1S/C16H18O3S/c17-15(11-20)16(18)13-6-8-14(9-7-13)19-10-12-4-2-1-3-5-12/h1-9,15-18,20H,10-11H2. The van der Waals surface area contributed by atoms with E-state index >= 15 is 0 Å². The summed E-state index contributed by atoms with van der Waals surface area (Å²) >= 11 is 3.96. The summed E-state index contributed by atoms with van der Waals surface area (Å²) in [6, 6.07) is 17.0. The Morgan fingerprint density at radius 2 is 1.60 bits per heavy atom. The molecule has 2 unspecified atom stereocenters. The molecule has 0 bridgehead atoms. The highest BCUT2D eigenvalue weighted by Crippen LogP contribution is 2.21. The first kappa shape index (κ1) is 14.9. The summed E-state index contributed by atoms with van der Waals surface area (Å²) < 4.78 is 5.65. The van der Waals surface area contributed by atoms with Crippen LogP contribution >= 0.6 is 12.6 Å². The fourth-order valence-corrected chi connectivity index (χ4v) is 2.02. The third-order valence-electron chi connectivity index (χ3n) is 3.02. The van der Waals surface area contributed by atoms with E-state index in [0.717, 1.165) is 11.3 Å². The zero-order valence-electron chi connectivity index (χ0n) is 11.0. The lowest BCUT2D eigenvalue weighted by Crippen LogP contribution is -2.19. The molecule has 4 heteroatoms. The van der Waals surface area contributed by atoms with Crippen molar-refractivity contribution in [2.45, 2.75) is 18.8 Å². The van der Waals surface area contributed by atoms with Crippen LogP contribution in [0.3, 0.4) is 0 Å². The Morgan fingerprint density at radius 1 is 0.950 bits per heavy atom. The minimum atomic E-state index is -0.921. The van der Waals surface area contributed by atoms with E-state index in [1.807, 2.05) is 30.3 Å². The van der Waals surface area contributed by atoms with Gasteiger partial charge in [0.25, 0.3) is 0 Å². The Morgan fingerprint density at radius 3 is 2.20 bits per heavy atom. The molecule has 20 heavy (non-hydrogen) atoms. The molecule has 0 saturated heterocycles. The van der Waals surface area contributed by atoms with Gasteiger partial charge in [0.15, 0.2) is 0 Å². The molecule has 0 radical (unpaired) electrons. The second-order valence-electron chi connectivity index (χ2n) is 4.54. The molecular formula is C16H18O3S. The van der Waals surface area contributed by atoms with Crippen molar-refractivity contribution in [3.63, 3.8) is 0 Å². The quantitative estimate of drug-likeness (QED) is 0.717. The van der Waals surface area contributed by atoms with Crippen LogP contribution in [0.5, 0.6) is 5.75 Å². The molecule has 0 amide bonds. The van der Waals surface area contributed by atoms with Gasteiger partial charge in [0.05, 0.1) is 6.10 Å². The van der Waals surface area contributed by atoms with E-state index in [-0.39, 0.29) is 5.75 Å². The first-order chi connectivity index (χ1) is 9.70. The van der Waals surface area contributed by atoms with Crippen LogP contribution in [0.25, 0.3) is 0 Å². The predicted octanol–water partition coefficient (Wildman–Crippen LogP) is 2.59. The van der Waals surface area contributed by atoms with Crippen molar-refractivity contribution in [1.29, 1.82) is 0 Å². The van der Waals surface area contributed by atoms with Crippen LogP contribution in [0.15, 0.2) is 54.6 Å². The van der Waals surface area contributed by atoms with Gasteiger partial charge in [-0.3, -0.25) is 0 Å². The van der Waals surface area contributed by atoms with Gasteiger partial charge in [-0.1, -0.05) is 42.5 Å². The number of thiol groups is 1. The van der Waals surface area contributed by atoms with Gasteiger partial charge >= 0.3 is 0 Å². The lowest BCUT2D eigenvalue weighted by atomic mass is 10.1. The van der Waals surface area contributed by atoms with Gasteiger partial charge in [0.2, 0.25) is 0 Å². The summed E-state index contributed by atoms with van der Waals surface area (Å²) in [5.41, 5.74) is 1.75. The lowest BCUT2D eigenvalue weighted by Gasteiger charge is -2.16. The van der Waals surface area contributed by atoms with Crippen LogP contribution < -0.4 is 4.74 Å². The maximum atomic E-state index is 9.85. The number of hydrogen-bond donors (Lipinski definition) is 3. The van der Waals surface area contributed by atoms with E-state index in [2.05, 4.69) is 12.6 Å². The second-order valence-corrected chi connectivity index (χ2v) is 4.90. The van der Waals surface area contributed by atoms with E-state index in [9.17, 15) is 10.2 Å². The van der Waals surface area contributed by atoms with Gasteiger partial charge in [-0.15, -0.1) is 0 Å². The molecule has 0 saturated carbocycles. The summed E-state index contributed by atoms with van der Waals surface area (Å²) in [7, 11) is 0. The molecule has 0 aliphatic carbocycles. The van der Waals surface area contributed by atoms with Gasteiger partial charge in [-0.05, 0) is 23.3 Å². The van der Waals surface area contributed by atoms with Gasteiger partial charge in [0, 0.05) is 5.75 Å². The molecular weight excluding hydrogens is 272 g/mol. The molecule has 106 valence electrons. The zero-order chi connectivity index (χ0) is 14.4. The van der Waals surface area contributed by atoms with Gasteiger partial charge < -0.3 is 14.9 Å². The average Bonchev–Trinajstić information content (AvgIpc) is 2.53. The molecule has 0 heterocycles. The number of benzene rings is 2. The Balaban J connectivity index is 1.95. The molecule has 2 rings (SSSR count). The van der Waals surface area contributed by atoms with Crippen molar-refractivity contribution in [3.8, 4) is 5.75 Å². The topological polar surface area (TPSA) is 49.7 Å². The van der Waals surface area contributed by atoms with Crippen LogP contribution in [0, 0.1) is 0 Å². The molecule has 0 fully saturated rings. The largest absolute Gasteiger partial charge is 0.489 e. The number of hydrogen-bond acceptors (Lipinski definition) is 4. The Labute approximate surface area is 124 Å². The van der Waals surface area contributed by atoms with Crippen LogP contribution in [-0.2, 0) is 6.61 Å². The fraction of sp³-hybridized carbons (Fsp3) is 0.250. The second kappa shape index (κ2) is 7.33. The normalized spacial score (nSPS) is 13.8. The minimum Gasteiger partial charge on any atom is -0.489 e. The Bertz CT molecular complexity index is 513. The summed E-state index contributed by atoms with van der Waals surface area (Å²) in [4.78, 5) is 0. The summed E-state index contributed by atoms with van der Waals surface area (Å²) in [6.07, 6.45) is -1.79. The molecule has 2 aromatic carbocycles. The number of aliphatic hydroxyl groups excluding tert-OH is 2. The molecule has 3 nitrogen and oxygen atoms in total. The summed E-state index contributed by atoms with van der Waals surface area (Å²) in [6.45, 7) is 0.502. The SMILES string of the molecule is OC(CS)C(O)c1ccc(OCc2ccccc2)cc1. The molecule has 2 aromatic rings. The average molecular weight is 290 g/mol. The van der Waals surface area contributed by atoms with E-state index < -0.39 is 12.2 Å². The van der Waals surface area contributed by atoms with Crippen LogP contribution in [0.1, 0.15) is 17.2 Å². The molecule has 0 aliphatic rings. The van der Waals surface area contributed by atoms with E-state index in [0.29, 0.717) is 12.2 Å². The van der Waals surface area contributed by atoms with Crippen molar-refractivity contribution in [2.75, 3.05) is 5.75 Å². The van der Waals surface area contributed by atoms with Gasteiger partial charge in [-0.25, -0.2) is 0 Å². The Kier molecular flexibility index (Phi) is 5.47. The van der Waals surface area contributed by atoms with Crippen molar-refractivity contribution >= 4 is 12.6 Å². The molecule has 2 N–H and O–H groups in total. The van der Waals surface area contributed by atoms with Crippen LogP contribution in [-0.4, -0.2) is 22.1 Å². The van der Waals surface area contributed by atoms with Crippen molar-refractivity contribution in [2.24, 2.45) is 0 Å². The number of ether oxygens (including phenoxy) is 1. The fourth-order valence-electron chi connectivity index (χ4n) is 1.82. The third kappa shape index (κ3) is 4.00.